The van der Waals surface area contributed by atoms with Crippen molar-refractivity contribution < 1.29 is 14.6 Å². The van der Waals surface area contributed by atoms with Crippen molar-refractivity contribution in [2.45, 2.75) is 58.9 Å². The van der Waals surface area contributed by atoms with Crippen LogP contribution in [-0.4, -0.2) is 34.3 Å². The Labute approximate surface area is 133 Å². The number of carbonyl (C=O) groups excluding carboxylic acids is 1. The number of carbonyl (C=O) groups is 1. The predicted molar refractivity (Wildman–Crippen MR) is 87.2 cm³/mol. The van der Waals surface area contributed by atoms with E-state index in [1.54, 1.807) is 24.0 Å². The molecule has 4 heteroatoms. The molecule has 1 amide bonds. The van der Waals surface area contributed by atoms with Crippen molar-refractivity contribution in [3.8, 4) is 11.8 Å². The lowest BCUT2D eigenvalue weighted by Gasteiger charge is -2.31. The number of nitrogens with zero attached hydrogens (tertiary/aromatic N) is 1. The molecular weight excluding hydrogens is 278 g/mol. The molecule has 0 saturated heterocycles. The van der Waals surface area contributed by atoms with Crippen LogP contribution in [-0.2, 0) is 4.74 Å². The van der Waals surface area contributed by atoms with Gasteiger partial charge in [-0.1, -0.05) is 36.3 Å². The second-order valence-corrected chi connectivity index (χ2v) is 5.65. The minimum absolute atomic E-state index is 0.0107. The van der Waals surface area contributed by atoms with Crippen LogP contribution >= 0.6 is 0 Å². The molecule has 0 fully saturated rings. The highest BCUT2D eigenvalue weighted by atomic mass is 16.6. The average Bonchev–Trinajstić information content (AvgIpc) is 2.46. The van der Waals surface area contributed by atoms with Gasteiger partial charge in [0.25, 0.3) is 0 Å². The molecule has 2 atom stereocenters. The lowest BCUT2D eigenvalue weighted by atomic mass is 10.0. The van der Waals surface area contributed by atoms with Crippen molar-refractivity contribution in [3.63, 3.8) is 0 Å². The van der Waals surface area contributed by atoms with E-state index in [9.17, 15) is 9.90 Å². The molecule has 4 nitrogen and oxygen atoms in total. The van der Waals surface area contributed by atoms with Crippen molar-refractivity contribution >= 4 is 6.09 Å². The highest BCUT2D eigenvalue weighted by molar-refractivity contribution is 5.69. The molecule has 0 aliphatic rings. The molecule has 0 aromatic heterocycles. The molecule has 0 aliphatic carbocycles. The number of ether oxygens (including phenoxy) is 1. The third kappa shape index (κ3) is 4.78. The summed E-state index contributed by atoms with van der Waals surface area (Å²) in [6, 6.07) is 9.10. The summed E-state index contributed by atoms with van der Waals surface area (Å²) in [5.74, 6) is 5.49. The summed E-state index contributed by atoms with van der Waals surface area (Å²) in [7, 11) is 0. The van der Waals surface area contributed by atoms with Gasteiger partial charge in [-0.2, -0.15) is 0 Å². The zero-order chi connectivity index (χ0) is 16.7. The molecule has 1 aromatic carbocycles. The zero-order valence-corrected chi connectivity index (χ0v) is 13.9. The van der Waals surface area contributed by atoms with E-state index in [1.807, 2.05) is 45.9 Å². The topological polar surface area (TPSA) is 49.8 Å². The highest BCUT2D eigenvalue weighted by Crippen LogP contribution is 2.20. The van der Waals surface area contributed by atoms with Crippen molar-refractivity contribution in [1.82, 2.24) is 4.90 Å². The predicted octanol–water partition coefficient (Wildman–Crippen LogP) is 3.37. The standard InChI is InChI=1S/C18H25NO3/c1-6-10-16(17(20)15-11-8-7-9-12-15)22-18(21)19(13(2)3)14(4)5/h7-9,11-14,16-17,20H,1-5H3. The van der Waals surface area contributed by atoms with Gasteiger partial charge in [-0.05, 0) is 40.2 Å². The summed E-state index contributed by atoms with van der Waals surface area (Å²) >= 11 is 0. The van der Waals surface area contributed by atoms with Crippen LogP contribution in [0.5, 0.6) is 0 Å². The van der Waals surface area contributed by atoms with E-state index >= 15 is 0 Å². The minimum atomic E-state index is -0.973. The van der Waals surface area contributed by atoms with Crippen LogP contribution in [0.3, 0.4) is 0 Å². The average molecular weight is 303 g/mol. The molecule has 1 aromatic rings. The van der Waals surface area contributed by atoms with Crippen LogP contribution in [0.25, 0.3) is 0 Å². The number of hydrogen-bond donors (Lipinski definition) is 1. The summed E-state index contributed by atoms with van der Waals surface area (Å²) in [6.07, 6.45) is -2.33. The lowest BCUT2D eigenvalue weighted by Crippen LogP contribution is -2.44. The molecule has 1 N–H and O–H groups in total. The van der Waals surface area contributed by atoms with Crippen molar-refractivity contribution in [2.75, 3.05) is 0 Å². The molecule has 0 radical (unpaired) electrons. The van der Waals surface area contributed by atoms with E-state index in [2.05, 4.69) is 11.8 Å². The molecule has 2 unspecified atom stereocenters. The fraction of sp³-hybridized carbons (Fsp3) is 0.500. The van der Waals surface area contributed by atoms with Crippen molar-refractivity contribution in [3.05, 3.63) is 35.9 Å². The summed E-state index contributed by atoms with van der Waals surface area (Å²) < 4.78 is 5.46. The molecule has 0 spiro atoms. The quantitative estimate of drug-likeness (QED) is 0.849. The molecule has 0 heterocycles. The van der Waals surface area contributed by atoms with Crippen molar-refractivity contribution in [1.29, 1.82) is 0 Å². The number of rotatable bonds is 5. The smallest absolute Gasteiger partial charge is 0.411 e. The second kappa shape index (κ2) is 8.45. The van der Waals surface area contributed by atoms with Crippen LogP contribution in [0.4, 0.5) is 4.79 Å². The Hall–Kier alpha value is -1.99. The summed E-state index contributed by atoms with van der Waals surface area (Å²) in [5, 5.41) is 10.4. The first-order valence-electron chi connectivity index (χ1n) is 7.52. The number of hydrogen-bond acceptors (Lipinski definition) is 3. The Morgan fingerprint density at radius 2 is 1.68 bits per heavy atom. The summed E-state index contributed by atoms with van der Waals surface area (Å²) in [6.45, 7) is 9.36. The maximum atomic E-state index is 12.4. The van der Waals surface area contributed by atoms with Gasteiger partial charge in [0.2, 0.25) is 0 Å². The zero-order valence-electron chi connectivity index (χ0n) is 13.9. The van der Waals surface area contributed by atoms with Crippen LogP contribution in [0.1, 0.15) is 46.3 Å². The third-order valence-corrected chi connectivity index (χ3v) is 3.27. The van der Waals surface area contributed by atoms with Crippen LogP contribution in [0, 0.1) is 11.8 Å². The Kier molecular flexibility index (Phi) is 6.94. The number of aliphatic hydroxyl groups excluding tert-OH is 1. The van der Waals surface area contributed by atoms with Crippen molar-refractivity contribution in [2.24, 2.45) is 0 Å². The third-order valence-electron chi connectivity index (χ3n) is 3.27. The molecule has 22 heavy (non-hydrogen) atoms. The molecule has 1 rings (SSSR count). The molecule has 0 bridgehead atoms. The number of aliphatic hydroxyl groups is 1. The summed E-state index contributed by atoms with van der Waals surface area (Å²) in [5.41, 5.74) is 0.670. The van der Waals surface area contributed by atoms with Gasteiger partial charge in [0.05, 0.1) is 0 Å². The Bertz CT molecular complexity index is 520. The first-order valence-corrected chi connectivity index (χ1v) is 7.52. The van der Waals surface area contributed by atoms with E-state index < -0.39 is 18.3 Å². The molecular formula is C18H25NO3. The summed E-state index contributed by atoms with van der Waals surface area (Å²) in [4.78, 5) is 14.0. The van der Waals surface area contributed by atoms with Gasteiger partial charge < -0.3 is 14.7 Å². The van der Waals surface area contributed by atoms with E-state index in [-0.39, 0.29) is 12.1 Å². The van der Waals surface area contributed by atoms with Gasteiger partial charge in [-0.25, -0.2) is 4.79 Å². The monoisotopic (exact) mass is 303 g/mol. The molecule has 0 aliphatic heterocycles. The Balaban J connectivity index is 2.92. The fourth-order valence-corrected chi connectivity index (χ4v) is 2.33. The second-order valence-electron chi connectivity index (χ2n) is 5.65. The van der Waals surface area contributed by atoms with Gasteiger partial charge in [0, 0.05) is 12.1 Å². The van der Waals surface area contributed by atoms with E-state index in [1.165, 1.54) is 0 Å². The maximum absolute atomic E-state index is 12.4. The first-order chi connectivity index (χ1) is 10.4. The molecule has 0 saturated carbocycles. The largest absolute Gasteiger partial charge is 0.430 e. The Morgan fingerprint density at radius 1 is 1.14 bits per heavy atom. The highest BCUT2D eigenvalue weighted by Gasteiger charge is 2.28. The van der Waals surface area contributed by atoms with E-state index in [0.29, 0.717) is 5.56 Å². The number of amides is 1. The van der Waals surface area contributed by atoms with Gasteiger partial charge in [-0.15, -0.1) is 5.92 Å². The minimum Gasteiger partial charge on any atom is -0.430 e. The SMILES string of the molecule is CC#CC(OC(=O)N(C(C)C)C(C)C)C(O)c1ccccc1. The normalized spacial score (nSPS) is 13.3. The van der Waals surface area contributed by atoms with E-state index in [0.717, 1.165) is 0 Å². The van der Waals surface area contributed by atoms with Crippen LogP contribution < -0.4 is 0 Å². The maximum Gasteiger partial charge on any atom is 0.411 e. The van der Waals surface area contributed by atoms with Crippen LogP contribution in [0.15, 0.2) is 30.3 Å². The van der Waals surface area contributed by atoms with Crippen LogP contribution in [0.2, 0.25) is 0 Å². The van der Waals surface area contributed by atoms with Gasteiger partial charge in [-0.3, -0.25) is 0 Å². The number of benzene rings is 1. The van der Waals surface area contributed by atoms with Gasteiger partial charge >= 0.3 is 6.09 Å². The Morgan fingerprint density at radius 3 is 2.14 bits per heavy atom. The van der Waals surface area contributed by atoms with Gasteiger partial charge in [0.1, 0.15) is 6.10 Å². The molecule has 120 valence electrons. The lowest BCUT2D eigenvalue weighted by molar-refractivity contribution is 0.00601. The fourth-order valence-electron chi connectivity index (χ4n) is 2.33. The van der Waals surface area contributed by atoms with E-state index in [4.69, 9.17) is 4.74 Å². The van der Waals surface area contributed by atoms with Gasteiger partial charge in [0.15, 0.2) is 6.10 Å². The first kappa shape index (κ1) is 18.1.